The molecular formula is C31H34N4O5S. The van der Waals surface area contributed by atoms with Gasteiger partial charge >= 0.3 is 0 Å². The van der Waals surface area contributed by atoms with E-state index in [1.807, 2.05) is 19.9 Å². The molecule has 41 heavy (non-hydrogen) atoms. The number of para-hydroxylation sites is 1. The Morgan fingerprint density at radius 3 is 2.32 bits per heavy atom. The van der Waals surface area contributed by atoms with Gasteiger partial charge in [0.2, 0.25) is 0 Å². The van der Waals surface area contributed by atoms with E-state index < -0.39 is 22.5 Å². The quantitative estimate of drug-likeness (QED) is 0.210. The second-order valence-electron chi connectivity index (χ2n) is 9.61. The van der Waals surface area contributed by atoms with Crippen LogP contribution in [0.25, 0.3) is 5.69 Å². The molecule has 4 aromatic rings. The van der Waals surface area contributed by atoms with Crippen molar-refractivity contribution in [3.05, 3.63) is 101 Å². The summed E-state index contributed by atoms with van der Waals surface area (Å²) >= 11 is 0. The minimum absolute atomic E-state index is 0.0470. The SMILES string of the molecule is COc1ccc(S(=O)(=O)N(CC(=O)N/N=C\c2cc(C)n(-c3cc(C)ccc3C)c2C)c2ccccc2)cc1OC. The minimum atomic E-state index is -4.15. The first-order valence-corrected chi connectivity index (χ1v) is 14.4. The van der Waals surface area contributed by atoms with Crippen molar-refractivity contribution in [3.8, 4) is 17.2 Å². The molecule has 0 atom stereocenters. The number of rotatable bonds is 10. The van der Waals surface area contributed by atoms with Gasteiger partial charge in [-0.25, -0.2) is 13.8 Å². The number of aryl methyl sites for hydroxylation is 3. The molecule has 0 spiro atoms. The number of anilines is 1. The van der Waals surface area contributed by atoms with Gasteiger partial charge in [0.15, 0.2) is 11.5 Å². The summed E-state index contributed by atoms with van der Waals surface area (Å²) < 4.78 is 41.1. The van der Waals surface area contributed by atoms with Crippen molar-refractivity contribution in [1.82, 2.24) is 9.99 Å². The van der Waals surface area contributed by atoms with Crippen molar-refractivity contribution in [2.24, 2.45) is 5.10 Å². The van der Waals surface area contributed by atoms with E-state index in [0.29, 0.717) is 11.4 Å². The molecular weight excluding hydrogens is 540 g/mol. The summed E-state index contributed by atoms with van der Waals surface area (Å²) in [6.45, 7) is 7.64. The molecule has 1 heterocycles. The number of hydrogen-bond donors (Lipinski definition) is 1. The van der Waals surface area contributed by atoms with E-state index in [2.05, 4.69) is 47.1 Å². The van der Waals surface area contributed by atoms with Crippen LogP contribution in [0.15, 0.2) is 82.8 Å². The van der Waals surface area contributed by atoms with Crippen LogP contribution in [0.4, 0.5) is 5.69 Å². The summed E-state index contributed by atoms with van der Waals surface area (Å²) in [7, 11) is -1.26. The van der Waals surface area contributed by atoms with Crippen LogP contribution in [0.5, 0.6) is 11.5 Å². The Bertz CT molecular complexity index is 1700. The van der Waals surface area contributed by atoms with Crippen LogP contribution in [0.2, 0.25) is 0 Å². The van der Waals surface area contributed by atoms with Crippen molar-refractivity contribution in [2.75, 3.05) is 25.1 Å². The summed E-state index contributed by atoms with van der Waals surface area (Å²) in [6, 6.07) is 21.0. The van der Waals surface area contributed by atoms with Gasteiger partial charge in [0.05, 0.1) is 31.0 Å². The molecule has 0 bridgehead atoms. The molecule has 3 aromatic carbocycles. The van der Waals surface area contributed by atoms with Crippen molar-refractivity contribution in [1.29, 1.82) is 0 Å². The number of carbonyl (C=O) groups is 1. The van der Waals surface area contributed by atoms with Crippen LogP contribution >= 0.6 is 0 Å². The van der Waals surface area contributed by atoms with Crippen LogP contribution in [0.3, 0.4) is 0 Å². The van der Waals surface area contributed by atoms with E-state index >= 15 is 0 Å². The maximum Gasteiger partial charge on any atom is 0.264 e. The Hall–Kier alpha value is -4.57. The highest BCUT2D eigenvalue weighted by Gasteiger charge is 2.28. The fourth-order valence-corrected chi connectivity index (χ4v) is 6.04. The Kier molecular flexibility index (Phi) is 8.83. The lowest BCUT2D eigenvalue weighted by Crippen LogP contribution is -2.39. The minimum Gasteiger partial charge on any atom is -0.493 e. The monoisotopic (exact) mass is 574 g/mol. The summed E-state index contributed by atoms with van der Waals surface area (Å²) in [5.74, 6) is 0.0494. The largest absolute Gasteiger partial charge is 0.493 e. The number of hydrogen-bond acceptors (Lipinski definition) is 6. The normalized spacial score (nSPS) is 11.5. The maximum absolute atomic E-state index is 13.7. The van der Waals surface area contributed by atoms with Gasteiger partial charge < -0.3 is 14.0 Å². The van der Waals surface area contributed by atoms with Crippen molar-refractivity contribution in [2.45, 2.75) is 32.6 Å². The molecule has 9 nitrogen and oxygen atoms in total. The van der Waals surface area contributed by atoms with E-state index in [1.165, 1.54) is 32.4 Å². The summed E-state index contributed by atoms with van der Waals surface area (Å²) in [6.07, 6.45) is 1.57. The number of methoxy groups -OCH3 is 2. The van der Waals surface area contributed by atoms with Crippen molar-refractivity contribution in [3.63, 3.8) is 0 Å². The highest BCUT2D eigenvalue weighted by atomic mass is 32.2. The first-order chi connectivity index (χ1) is 19.6. The first-order valence-electron chi connectivity index (χ1n) is 12.9. The number of nitrogens with one attached hydrogen (secondary N) is 1. The van der Waals surface area contributed by atoms with E-state index in [1.54, 1.807) is 36.5 Å². The zero-order valence-electron chi connectivity index (χ0n) is 24.0. The second kappa shape index (κ2) is 12.3. The zero-order chi connectivity index (χ0) is 29.7. The molecule has 0 aliphatic rings. The van der Waals surface area contributed by atoms with Gasteiger partial charge in [0.1, 0.15) is 6.54 Å². The van der Waals surface area contributed by atoms with E-state index in [0.717, 1.165) is 38.1 Å². The lowest BCUT2D eigenvalue weighted by atomic mass is 10.1. The molecule has 1 N–H and O–H groups in total. The fraction of sp³-hybridized carbons (Fsp3) is 0.226. The lowest BCUT2D eigenvalue weighted by Gasteiger charge is -2.24. The average molecular weight is 575 g/mol. The van der Waals surface area contributed by atoms with Gasteiger partial charge in [-0.05, 0) is 75.2 Å². The number of benzene rings is 3. The molecule has 0 aliphatic carbocycles. The molecule has 4 rings (SSSR count). The predicted octanol–water partition coefficient (Wildman–Crippen LogP) is 5.07. The topological polar surface area (TPSA) is 102 Å². The summed E-state index contributed by atoms with van der Waals surface area (Å²) in [4.78, 5) is 13.0. The first kappa shape index (κ1) is 29.4. The highest BCUT2D eigenvalue weighted by Crippen LogP contribution is 2.32. The number of amides is 1. The summed E-state index contributed by atoms with van der Waals surface area (Å²) in [5, 5.41) is 4.15. The van der Waals surface area contributed by atoms with E-state index in [-0.39, 0.29) is 10.6 Å². The molecule has 1 amide bonds. The second-order valence-corrected chi connectivity index (χ2v) is 11.5. The molecule has 10 heteroatoms. The van der Waals surface area contributed by atoms with E-state index in [9.17, 15) is 13.2 Å². The highest BCUT2D eigenvalue weighted by molar-refractivity contribution is 7.92. The molecule has 0 radical (unpaired) electrons. The van der Waals surface area contributed by atoms with E-state index in [4.69, 9.17) is 9.47 Å². The number of sulfonamides is 1. The van der Waals surface area contributed by atoms with Crippen LogP contribution in [-0.4, -0.2) is 45.9 Å². The number of carbonyl (C=O) groups excluding carboxylic acids is 1. The Balaban J connectivity index is 1.57. The number of ether oxygens (including phenoxy) is 2. The van der Waals surface area contributed by atoms with Gasteiger partial charge in [-0.2, -0.15) is 5.10 Å². The Morgan fingerprint density at radius 1 is 0.927 bits per heavy atom. The molecule has 0 aliphatic heterocycles. The van der Waals surface area contributed by atoms with Crippen LogP contribution < -0.4 is 19.2 Å². The van der Waals surface area contributed by atoms with Crippen molar-refractivity contribution < 1.29 is 22.7 Å². The van der Waals surface area contributed by atoms with Crippen LogP contribution in [-0.2, 0) is 14.8 Å². The third-order valence-electron chi connectivity index (χ3n) is 6.74. The van der Waals surface area contributed by atoms with Crippen LogP contribution in [0.1, 0.15) is 28.1 Å². The lowest BCUT2D eigenvalue weighted by molar-refractivity contribution is -0.119. The molecule has 0 unspecified atom stereocenters. The van der Waals surface area contributed by atoms with Crippen LogP contribution in [0, 0.1) is 27.7 Å². The van der Waals surface area contributed by atoms with Gasteiger partial charge in [-0.3, -0.25) is 9.10 Å². The molecule has 0 saturated carbocycles. The molecule has 0 saturated heterocycles. The number of aromatic nitrogens is 1. The molecule has 1 aromatic heterocycles. The van der Waals surface area contributed by atoms with Gasteiger partial charge in [0, 0.05) is 28.7 Å². The molecule has 0 fully saturated rings. The predicted molar refractivity (Wildman–Crippen MR) is 161 cm³/mol. The maximum atomic E-state index is 13.7. The number of nitrogens with zero attached hydrogens (tertiary/aromatic N) is 3. The standard InChI is InChI=1S/C31H34N4O5S/c1-21-12-13-22(2)28(16-21)35-23(3)17-25(24(35)4)19-32-33-31(36)20-34(26-10-8-7-9-11-26)41(37,38)27-14-15-29(39-5)30(18-27)40-6/h7-19H,20H2,1-6H3,(H,33,36)/b32-19-. The van der Waals surface area contributed by atoms with Gasteiger partial charge in [-0.15, -0.1) is 0 Å². The fourth-order valence-electron chi connectivity index (χ4n) is 4.60. The third-order valence-corrected chi connectivity index (χ3v) is 8.51. The Labute approximate surface area is 241 Å². The zero-order valence-corrected chi connectivity index (χ0v) is 24.8. The molecule has 214 valence electrons. The Morgan fingerprint density at radius 2 is 1.63 bits per heavy atom. The van der Waals surface area contributed by atoms with Crippen molar-refractivity contribution >= 4 is 27.8 Å². The average Bonchev–Trinajstić information content (AvgIpc) is 3.25. The number of hydrazone groups is 1. The van der Waals surface area contributed by atoms with Gasteiger partial charge in [-0.1, -0.05) is 30.3 Å². The summed E-state index contributed by atoms with van der Waals surface area (Å²) in [5.41, 5.74) is 9.03. The third kappa shape index (κ3) is 6.28. The van der Waals surface area contributed by atoms with Gasteiger partial charge in [0.25, 0.3) is 15.9 Å². The smallest absolute Gasteiger partial charge is 0.264 e.